The van der Waals surface area contributed by atoms with E-state index in [1.807, 2.05) is 25.1 Å². The van der Waals surface area contributed by atoms with Crippen LogP contribution in [-0.2, 0) is 6.54 Å². The fourth-order valence-corrected chi connectivity index (χ4v) is 1.28. The van der Waals surface area contributed by atoms with Crippen LogP contribution >= 0.6 is 0 Å². The molecule has 0 heterocycles. The molecule has 0 saturated carbocycles. The Hall–Kier alpha value is -1.22. The zero-order valence-corrected chi connectivity index (χ0v) is 9.45. The molecule has 0 amide bonds. The van der Waals surface area contributed by atoms with Gasteiger partial charge < -0.3 is 15.2 Å². The normalized spacial score (nSPS) is 10.1. The van der Waals surface area contributed by atoms with Crippen LogP contribution in [0.3, 0.4) is 0 Å². The summed E-state index contributed by atoms with van der Waals surface area (Å²) >= 11 is 0. The Morgan fingerprint density at radius 3 is 2.53 bits per heavy atom. The number of hydrogen-bond acceptors (Lipinski definition) is 3. The predicted octanol–water partition coefficient (Wildman–Crippen LogP) is 2.33. The minimum Gasteiger partial charge on any atom is -0.490 e. The van der Waals surface area contributed by atoms with Gasteiger partial charge in [0.1, 0.15) is 0 Å². The van der Waals surface area contributed by atoms with E-state index in [0.717, 1.165) is 23.5 Å². The van der Waals surface area contributed by atoms with Crippen LogP contribution in [0.25, 0.3) is 0 Å². The molecule has 0 aromatic heterocycles. The van der Waals surface area contributed by atoms with Gasteiger partial charge in [-0.15, -0.1) is 0 Å². The van der Waals surface area contributed by atoms with Crippen LogP contribution in [-0.4, -0.2) is 13.2 Å². The average Bonchev–Trinajstić information content (AvgIpc) is 2.28. The first kappa shape index (κ1) is 11.9. The molecule has 0 aliphatic heterocycles. The molecule has 0 radical (unpaired) electrons. The van der Waals surface area contributed by atoms with Gasteiger partial charge in [-0.2, -0.15) is 0 Å². The molecule has 1 aromatic rings. The van der Waals surface area contributed by atoms with Gasteiger partial charge in [0.25, 0.3) is 0 Å². The Morgan fingerprint density at radius 1 is 1.13 bits per heavy atom. The highest BCUT2D eigenvalue weighted by Gasteiger charge is 2.05. The SMILES string of the molecule is CCCOc1cc(CN)ccc1OCC. The molecule has 84 valence electrons. The summed E-state index contributed by atoms with van der Waals surface area (Å²) in [5.41, 5.74) is 6.63. The maximum atomic E-state index is 5.60. The van der Waals surface area contributed by atoms with Gasteiger partial charge in [0.05, 0.1) is 13.2 Å². The Balaban J connectivity index is 2.83. The van der Waals surface area contributed by atoms with Crippen molar-refractivity contribution in [3.63, 3.8) is 0 Å². The first-order valence-electron chi connectivity index (χ1n) is 5.40. The largest absolute Gasteiger partial charge is 0.490 e. The van der Waals surface area contributed by atoms with Crippen LogP contribution < -0.4 is 15.2 Å². The molecular weight excluding hydrogens is 190 g/mol. The van der Waals surface area contributed by atoms with Crippen LogP contribution in [0, 0.1) is 0 Å². The van der Waals surface area contributed by atoms with E-state index in [9.17, 15) is 0 Å². The van der Waals surface area contributed by atoms with Crippen molar-refractivity contribution in [3.05, 3.63) is 23.8 Å². The van der Waals surface area contributed by atoms with Crippen molar-refractivity contribution in [1.29, 1.82) is 0 Å². The fourth-order valence-electron chi connectivity index (χ4n) is 1.28. The molecule has 0 saturated heterocycles. The van der Waals surface area contributed by atoms with Gasteiger partial charge in [-0.3, -0.25) is 0 Å². The maximum absolute atomic E-state index is 5.60. The van der Waals surface area contributed by atoms with E-state index in [2.05, 4.69) is 6.92 Å². The summed E-state index contributed by atoms with van der Waals surface area (Å²) in [7, 11) is 0. The lowest BCUT2D eigenvalue weighted by molar-refractivity contribution is 0.276. The van der Waals surface area contributed by atoms with Crippen molar-refractivity contribution >= 4 is 0 Å². The number of rotatable bonds is 6. The highest BCUT2D eigenvalue weighted by atomic mass is 16.5. The third-order valence-electron chi connectivity index (χ3n) is 2.01. The molecule has 0 aliphatic carbocycles. The van der Waals surface area contributed by atoms with Gasteiger partial charge >= 0.3 is 0 Å². The first-order valence-corrected chi connectivity index (χ1v) is 5.40. The van der Waals surface area contributed by atoms with Gasteiger partial charge in [0.2, 0.25) is 0 Å². The Kier molecular flexibility index (Phi) is 4.98. The molecule has 0 spiro atoms. The third-order valence-corrected chi connectivity index (χ3v) is 2.01. The summed E-state index contributed by atoms with van der Waals surface area (Å²) in [5, 5.41) is 0. The molecule has 3 nitrogen and oxygen atoms in total. The highest BCUT2D eigenvalue weighted by molar-refractivity contribution is 5.42. The Bertz CT molecular complexity index is 300. The molecule has 15 heavy (non-hydrogen) atoms. The van der Waals surface area contributed by atoms with Crippen molar-refractivity contribution in [1.82, 2.24) is 0 Å². The first-order chi connectivity index (χ1) is 7.31. The molecule has 0 aliphatic rings. The molecule has 1 rings (SSSR count). The van der Waals surface area contributed by atoms with Crippen molar-refractivity contribution in [2.24, 2.45) is 5.73 Å². The van der Waals surface area contributed by atoms with Gasteiger partial charge in [0.15, 0.2) is 11.5 Å². The van der Waals surface area contributed by atoms with E-state index in [1.165, 1.54) is 0 Å². The summed E-state index contributed by atoms with van der Waals surface area (Å²) in [4.78, 5) is 0. The van der Waals surface area contributed by atoms with E-state index in [0.29, 0.717) is 19.8 Å². The van der Waals surface area contributed by atoms with Crippen molar-refractivity contribution in [2.45, 2.75) is 26.8 Å². The molecule has 0 atom stereocenters. The topological polar surface area (TPSA) is 44.5 Å². The second kappa shape index (κ2) is 6.30. The third kappa shape index (κ3) is 3.44. The van der Waals surface area contributed by atoms with Gasteiger partial charge in [-0.25, -0.2) is 0 Å². The smallest absolute Gasteiger partial charge is 0.161 e. The second-order valence-electron chi connectivity index (χ2n) is 3.27. The van der Waals surface area contributed by atoms with Gasteiger partial charge in [-0.05, 0) is 31.0 Å². The number of hydrogen-bond donors (Lipinski definition) is 1. The van der Waals surface area contributed by atoms with Crippen LogP contribution in [0.15, 0.2) is 18.2 Å². The van der Waals surface area contributed by atoms with Crippen molar-refractivity contribution in [3.8, 4) is 11.5 Å². The summed E-state index contributed by atoms with van der Waals surface area (Å²) in [6.07, 6.45) is 0.985. The Morgan fingerprint density at radius 2 is 1.93 bits per heavy atom. The number of ether oxygens (including phenoxy) is 2. The van der Waals surface area contributed by atoms with E-state index in [1.54, 1.807) is 0 Å². The molecule has 0 unspecified atom stereocenters. The second-order valence-corrected chi connectivity index (χ2v) is 3.27. The summed E-state index contributed by atoms with van der Waals surface area (Å²) in [6.45, 7) is 5.90. The molecule has 0 fully saturated rings. The zero-order valence-electron chi connectivity index (χ0n) is 9.45. The standard InChI is InChI=1S/C12H19NO2/c1-3-7-15-12-8-10(9-13)5-6-11(12)14-4-2/h5-6,8H,3-4,7,9,13H2,1-2H3. The molecular formula is C12H19NO2. The monoisotopic (exact) mass is 209 g/mol. The molecule has 1 aromatic carbocycles. The van der Waals surface area contributed by atoms with E-state index in [-0.39, 0.29) is 0 Å². The summed E-state index contributed by atoms with van der Waals surface area (Å²) in [5.74, 6) is 1.59. The van der Waals surface area contributed by atoms with Gasteiger partial charge in [-0.1, -0.05) is 13.0 Å². The Labute approximate surface area is 91.2 Å². The van der Waals surface area contributed by atoms with E-state index >= 15 is 0 Å². The van der Waals surface area contributed by atoms with E-state index in [4.69, 9.17) is 15.2 Å². The van der Waals surface area contributed by atoms with Crippen molar-refractivity contribution in [2.75, 3.05) is 13.2 Å². The maximum Gasteiger partial charge on any atom is 0.161 e. The molecule has 3 heteroatoms. The van der Waals surface area contributed by atoms with Crippen LogP contribution in [0.5, 0.6) is 11.5 Å². The number of nitrogens with two attached hydrogens (primary N) is 1. The lowest BCUT2D eigenvalue weighted by Crippen LogP contribution is -2.02. The van der Waals surface area contributed by atoms with E-state index < -0.39 is 0 Å². The van der Waals surface area contributed by atoms with Crippen LogP contribution in [0.4, 0.5) is 0 Å². The average molecular weight is 209 g/mol. The van der Waals surface area contributed by atoms with Crippen LogP contribution in [0.1, 0.15) is 25.8 Å². The highest BCUT2D eigenvalue weighted by Crippen LogP contribution is 2.28. The predicted molar refractivity (Wildman–Crippen MR) is 61.3 cm³/mol. The number of benzene rings is 1. The minimum atomic E-state index is 0.523. The fraction of sp³-hybridized carbons (Fsp3) is 0.500. The molecule has 2 N–H and O–H groups in total. The van der Waals surface area contributed by atoms with Crippen molar-refractivity contribution < 1.29 is 9.47 Å². The van der Waals surface area contributed by atoms with Gasteiger partial charge in [0, 0.05) is 6.54 Å². The minimum absolute atomic E-state index is 0.523. The zero-order chi connectivity index (χ0) is 11.1. The lowest BCUT2D eigenvalue weighted by Gasteiger charge is -2.12. The summed E-state index contributed by atoms with van der Waals surface area (Å²) in [6, 6.07) is 5.82. The summed E-state index contributed by atoms with van der Waals surface area (Å²) < 4.78 is 11.1. The lowest BCUT2D eigenvalue weighted by atomic mass is 10.2. The van der Waals surface area contributed by atoms with Crippen LogP contribution in [0.2, 0.25) is 0 Å². The quantitative estimate of drug-likeness (QED) is 0.782. The molecule has 0 bridgehead atoms.